The number of hydrogen-bond donors (Lipinski definition) is 2. The zero-order valence-corrected chi connectivity index (χ0v) is 12.6. The number of hydrogen-bond acceptors (Lipinski definition) is 4. The van der Waals surface area contributed by atoms with E-state index in [9.17, 15) is 9.50 Å². The summed E-state index contributed by atoms with van der Waals surface area (Å²) in [5.41, 5.74) is 2.14. The van der Waals surface area contributed by atoms with E-state index >= 15 is 0 Å². The molecule has 0 amide bonds. The molecule has 1 aromatic heterocycles. The van der Waals surface area contributed by atoms with Gasteiger partial charge in [0.1, 0.15) is 11.6 Å². The predicted octanol–water partition coefficient (Wildman–Crippen LogP) is 2.56. The summed E-state index contributed by atoms with van der Waals surface area (Å²) in [6, 6.07) is 6.87. The van der Waals surface area contributed by atoms with Crippen molar-refractivity contribution in [2.45, 2.75) is 13.0 Å². The highest BCUT2D eigenvalue weighted by atomic mass is 19.1. The van der Waals surface area contributed by atoms with Crippen molar-refractivity contribution in [1.29, 1.82) is 0 Å². The Hall–Kier alpha value is -1.98. The number of aromatic hydroxyl groups is 1. The minimum Gasteiger partial charge on any atom is -0.506 e. The summed E-state index contributed by atoms with van der Waals surface area (Å²) < 4.78 is 14.5. The van der Waals surface area contributed by atoms with Crippen molar-refractivity contribution in [2.24, 2.45) is 0 Å². The monoisotopic (exact) mass is 301 g/mol. The van der Waals surface area contributed by atoms with E-state index < -0.39 is 0 Å². The number of pyridine rings is 1. The lowest BCUT2D eigenvalue weighted by Crippen LogP contribution is -2.44. The van der Waals surface area contributed by atoms with Crippen LogP contribution in [0, 0.1) is 5.82 Å². The molecule has 1 aliphatic heterocycles. The van der Waals surface area contributed by atoms with Crippen molar-refractivity contribution in [3.63, 3.8) is 0 Å². The van der Waals surface area contributed by atoms with Gasteiger partial charge in [0, 0.05) is 49.5 Å². The maximum Gasteiger partial charge on any atom is 0.134 e. The van der Waals surface area contributed by atoms with Crippen LogP contribution in [0.3, 0.4) is 0 Å². The van der Waals surface area contributed by atoms with Gasteiger partial charge in [-0.05, 0) is 24.6 Å². The van der Waals surface area contributed by atoms with Crippen molar-refractivity contribution in [3.8, 4) is 16.9 Å². The molecule has 1 aliphatic rings. The van der Waals surface area contributed by atoms with Gasteiger partial charge in [0.2, 0.25) is 0 Å². The fourth-order valence-electron chi connectivity index (χ4n) is 2.90. The molecule has 1 atom stereocenters. The number of piperazine rings is 1. The Kier molecular flexibility index (Phi) is 4.36. The molecule has 0 aliphatic carbocycles. The maximum atomic E-state index is 14.5. The molecule has 2 heterocycles. The van der Waals surface area contributed by atoms with E-state index in [0.717, 1.165) is 31.7 Å². The Labute approximate surface area is 129 Å². The highest BCUT2D eigenvalue weighted by molar-refractivity contribution is 5.64. The van der Waals surface area contributed by atoms with Crippen LogP contribution in [0.25, 0.3) is 11.1 Å². The average Bonchev–Trinajstić information content (AvgIpc) is 2.55. The van der Waals surface area contributed by atoms with Gasteiger partial charge in [0.25, 0.3) is 0 Å². The van der Waals surface area contributed by atoms with Crippen molar-refractivity contribution < 1.29 is 9.50 Å². The zero-order chi connectivity index (χ0) is 15.5. The largest absolute Gasteiger partial charge is 0.506 e. The molecule has 22 heavy (non-hydrogen) atoms. The molecular formula is C17H20FN3O. The molecule has 1 aromatic carbocycles. The summed E-state index contributed by atoms with van der Waals surface area (Å²) in [4.78, 5) is 6.22. The van der Waals surface area contributed by atoms with Crippen molar-refractivity contribution >= 4 is 0 Å². The topological polar surface area (TPSA) is 48.4 Å². The first-order valence-corrected chi connectivity index (χ1v) is 7.54. The Balaban J connectivity index is 1.85. The van der Waals surface area contributed by atoms with E-state index in [1.807, 2.05) is 19.1 Å². The van der Waals surface area contributed by atoms with Gasteiger partial charge in [-0.3, -0.25) is 9.88 Å². The third-order valence-corrected chi connectivity index (χ3v) is 4.21. The van der Waals surface area contributed by atoms with Crippen molar-refractivity contribution in [3.05, 3.63) is 48.0 Å². The van der Waals surface area contributed by atoms with Crippen LogP contribution < -0.4 is 5.32 Å². The highest BCUT2D eigenvalue weighted by Crippen LogP contribution is 2.28. The summed E-state index contributed by atoms with van der Waals surface area (Å²) in [7, 11) is 0. The standard InChI is InChI=1S/C17H20FN3O/c1-12(21-6-4-19-5-7-21)16-3-2-13(9-17(16)18)14-8-15(22)11-20-10-14/h2-3,8-12,19,22H,4-7H2,1H3. The van der Waals surface area contributed by atoms with Crippen LogP contribution >= 0.6 is 0 Å². The van der Waals surface area contributed by atoms with Crippen LogP contribution in [0.4, 0.5) is 4.39 Å². The first-order valence-electron chi connectivity index (χ1n) is 7.54. The van der Waals surface area contributed by atoms with Crippen LogP contribution in [-0.4, -0.2) is 41.2 Å². The van der Waals surface area contributed by atoms with Crippen molar-refractivity contribution in [1.82, 2.24) is 15.2 Å². The van der Waals surface area contributed by atoms with Gasteiger partial charge in [0.05, 0.1) is 6.20 Å². The van der Waals surface area contributed by atoms with E-state index in [1.165, 1.54) is 12.3 Å². The number of nitrogens with zero attached hydrogens (tertiary/aromatic N) is 2. The van der Waals surface area contributed by atoms with Gasteiger partial charge in [-0.2, -0.15) is 0 Å². The zero-order valence-electron chi connectivity index (χ0n) is 12.6. The highest BCUT2D eigenvalue weighted by Gasteiger charge is 2.20. The molecule has 116 valence electrons. The van der Waals surface area contributed by atoms with E-state index in [-0.39, 0.29) is 17.6 Å². The van der Waals surface area contributed by atoms with Crippen LogP contribution in [0.5, 0.6) is 5.75 Å². The fraction of sp³-hybridized carbons (Fsp3) is 0.353. The summed E-state index contributed by atoms with van der Waals surface area (Å²) in [6.45, 7) is 5.79. The Morgan fingerprint density at radius 2 is 1.95 bits per heavy atom. The Morgan fingerprint density at radius 1 is 1.18 bits per heavy atom. The fourth-order valence-corrected chi connectivity index (χ4v) is 2.90. The Morgan fingerprint density at radius 3 is 2.64 bits per heavy atom. The average molecular weight is 301 g/mol. The summed E-state index contributed by atoms with van der Waals surface area (Å²) in [6.07, 6.45) is 2.98. The lowest BCUT2D eigenvalue weighted by Gasteiger charge is -2.33. The summed E-state index contributed by atoms with van der Waals surface area (Å²) in [5.74, 6) is -0.136. The SMILES string of the molecule is CC(c1ccc(-c2cncc(O)c2)cc1F)N1CCNCC1. The number of rotatable bonds is 3. The molecule has 0 spiro atoms. The molecule has 0 radical (unpaired) electrons. The van der Waals surface area contributed by atoms with E-state index in [1.54, 1.807) is 12.3 Å². The van der Waals surface area contributed by atoms with Gasteiger partial charge < -0.3 is 10.4 Å². The molecule has 4 nitrogen and oxygen atoms in total. The second-order valence-electron chi connectivity index (χ2n) is 5.63. The van der Waals surface area contributed by atoms with Gasteiger partial charge in [-0.25, -0.2) is 4.39 Å². The van der Waals surface area contributed by atoms with E-state index in [4.69, 9.17) is 0 Å². The normalized spacial score (nSPS) is 17.4. The minimum atomic E-state index is -0.216. The van der Waals surface area contributed by atoms with Crippen LogP contribution in [0.1, 0.15) is 18.5 Å². The summed E-state index contributed by atoms with van der Waals surface area (Å²) >= 11 is 0. The molecule has 0 saturated carbocycles. The number of benzene rings is 1. The third-order valence-electron chi connectivity index (χ3n) is 4.21. The lowest BCUT2D eigenvalue weighted by atomic mass is 10.0. The molecular weight excluding hydrogens is 281 g/mol. The predicted molar refractivity (Wildman–Crippen MR) is 84.2 cm³/mol. The molecule has 2 N–H and O–H groups in total. The molecule has 3 rings (SSSR count). The number of halogens is 1. The van der Waals surface area contributed by atoms with Gasteiger partial charge in [-0.1, -0.05) is 12.1 Å². The second-order valence-corrected chi connectivity index (χ2v) is 5.63. The number of aromatic nitrogens is 1. The van der Waals surface area contributed by atoms with Gasteiger partial charge in [0.15, 0.2) is 0 Å². The minimum absolute atomic E-state index is 0.0541. The molecule has 1 saturated heterocycles. The first-order chi connectivity index (χ1) is 10.6. The van der Waals surface area contributed by atoms with E-state index in [2.05, 4.69) is 15.2 Å². The first kappa shape index (κ1) is 14.9. The molecule has 2 aromatic rings. The molecule has 1 fully saturated rings. The van der Waals surface area contributed by atoms with E-state index in [0.29, 0.717) is 11.1 Å². The lowest BCUT2D eigenvalue weighted by molar-refractivity contribution is 0.182. The smallest absolute Gasteiger partial charge is 0.134 e. The third kappa shape index (κ3) is 3.10. The van der Waals surface area contributed by atoms with Gasteiger partial charge in [-0.15, -0.1) is 0 Å². The maximum absolute atomic E-state index is 14.5. The van der Waals surface area contributed by atoms with Crippen LogP contribution in [0.15, 0.2) is 36.7 Å². The second kappa shape index (κ2) is 6.42. The quantitative estimate of drug-likeness (QED) is 0.915. The molecule has 1 unspecified atom stereocenters. The Bertz CT molecular complexity index is 656. The van der Waals surface area contributed by atoms with Gasteiger partial charge >= 0.3 is 0 Å². The van der Waals surface area contributed by atoms with Crippen molar-refractivity contribution in [2.75, 3.05) is 26.2 Å². The van der Waals surface area contributed by atoms with Crippen LogP contribution in [-0.2, 0) is 0 Å². The summed E-state index contributed by atoms with van der Waals surface area (Å²) in [5, 5.41) is 12.8. The number of nitrogens with one attached hydrogen (secondary N) is 1. The molecule has 5 heteroatoms. The molecule has 0 bridgehead atoms. The van der Waals surface area contributed by atoms with Crippen LogP contribution in [0.2, 0.25) is 0 Å².